The van der Waals surface area contributed by atoms with Crippen molar-refractivity contribution >= 4 is 39.3 Å². The van der Waals surface area contributed by atoms with Crippen molar-refractivity contribution in [2.24, 2.45) is 0 Å². The molecular weight excluding hydrogens is 406 g/mol. The Balaban J connectivity index is 1.41. The predicted molar refractivity (Wildman–Crippen MR) is 127 cm³/mol. The number of amides is 1. The van der Waals surface area contributed by atoms with Crippen LogP contribution in [0.5, 0.6) is 0 Å². The fourth-order valence-corrected chi connectivity index (χ4v) is 4.52. The van der Waals surface area contributed by atoms with Gasteiger partial charge in [-0.3, -0.25) is 4.79 Å². The van der Waals surface area contributed by atoms with Gasteiger partial charge in [-0.2, -0.15) is 0 Å². The second-order valence-corrected chi connectivity index (χ2v) is 8.11. The van der Waals surface area contributed by atoms with E-state index in [2.05, 4.69) is 27.4 Å². The van der Waals surface area contributed by atoms with Gasteiger partial charge in [-0.15, -0.1) is 0 Å². The lowest BCUT2D eigenvalue weighted by atomic mass is 9.90. The van der Waals surface area contributed by atoms with E-state index >= 15 is 0 Å². The highest BCUT2D eigenvalue weighted by Gasteiger charge is 2.21. The first-order chi connectivity index (χ1) is 15.2. The maximum atomic E-state index is 12.8. The van der Waals surface area contributed by atoms with Crippen LogP contribution >= 0.6 is 11.6 Å². The highest BCUT2D eigenvalue weighted by Crippen LogP contribution is 2.34. The van der Waals surface area contributed by atoms with Gasteiger partial charge < -0.3 is 15.3 Å². The van der Waals surface area contributed by atoms with Gasteiger partial charge in [-0.05, 0) is 34.9 Å². The van der Waals surface area contributed by atoms with Gasteiger partial charge in [0, 0.05) is 51.7 Å². The molecule has 31 heavy (non-hydrogen) atoms. The molecule has 3 aromatic carbocycles. The molecule has 0 fully saturated rings. The fraction of sp³-hybridized carbons (Fsp3) is 0.115. The Hall–Kier alpha value is -3.50. The third-order valence-electron chi connectivity index (χ3n) is 5.81. The zero-order valence-corrected chi connectivity index (χ0v) is 17.6. The molecule has 1 amide bonds. The molecule has 5 aromatic rings. The summed E-state index contributed by atoms with van der Waals surface area (Å²) in [5.74, 6) is -0.0709. The molecule has 2 heterocycles. The normalized spacial score (nSPS) is 12.3. The molecule has 0 saturated heterocycles. The van der Waals surface area contributed by atoms with E-state index in [0.717, 1.165) is 38.5 Å². The summed E-state index contributed by atoms with van der Waals surface area (Å²) in [5.41, 5.74) is 5.23. The fourth-order valence-electron chi connectivity index (χ4n) is 4.26. The topological polar surface area (TPSA) is 60.7 Å². The predicted octanol–water partition coefficient (Wildman–Crippen LogP) is 5.79. The number of fused-ring (bicyclic) bond motifs is 2. The molecule has 0 saturated carbocycles. The summed E-state index contributed by atoms with van der Waals surface area (Å²) in [5, 5.41) is 6.05. The lowest BCUT2D eigenvalue weighted by Crippen LogP contribution is -2.30. The zero-order valence-electron chi connectivity index (χ0n) is 16.9. The second kappa shape index (κ2) is 8.32. The lowest BCUT2D eigenvalue weighted by Gasteiger charge is -2.19. The lowest BCUT2D eigenvalue weighted by molar-refractivity contribution is -0.120. The van der Waals surface area contributed by atoms with Gasteiger partial charge in [0.15, 0.2) is 0 Å². The Labute approximate surface area is 185 Å². The van der Waals surface area contributed by atoms with Crippen LogP contribution in [0.4, 0.5) is 0 Å². The third-order valence-corrected chi connectivity index (χ3v) is 6.15. The molecule has 0 radical (unpaired) electrons. The number of aromatic amines is 2. The number of carbonyl (C=O) groups excluding carboxylic acids is 1. The number of H-pyrrole nitrogens is 2. The number of aromatic nitrogens is 2. The molecule has 2 aromatic heterocycles. The van der Waals surface area contributed by atoms with Crippen LogP contribution in [0.3, 0.4) is 0 Å². The number of benzene rings is 3. The summed E-state index contributed by atoms with van der Waals surface area (Å²) in [4.78, 5) is 19.4. The maximum Gasteiger partial charge on any atom is 0.224 e. The van der Waals surface area contributed by atoms with Crippen LogP contribution < -0.4 is 5.32 Å². The van der Waals surface area contributed by atoms with Gasteiger partial charge in [0.1, 0.15) is 0 Å². The Morgan fingerprint density at radius 1 is 0.806 bits per heavy atom. The van der Waals surface area contributed by atoms with Crippen LogP contribution in [0, 0.1) is 0 Å². The molecular formula is C26H22ClN3O. The highest BCUT2D eigenvalue weighted by molar-refractivity contribution is 6.31. The Bertz CT molecular complexity index is 1370. The second-order valence-electron chi connectivity index (χ2n) is 7.70. The van der Waals surface area contributed by atoms with Crippen molar-refractivity contribution in [1.82, 2.24) is 15.3 Å². The quantitative estimate of drug-likeness (QED) is 0.315. The summed E-state index contributed by atoms with van der Waals surface area (Å²) < 4.78 is 0. The molecule has 5 rings (SSSR count). The van der Waals surface area contributed by atoms with Gasteiger partial charge in [-0.1, -0.05) is 66.2 Å². The van der Waals surface area contributed by atoms with Crippen LogP contribution in [0.25, 0.3) is 21.8 Å². The SMILES string of the molecule is O=C(Cc1c[nH]c2ccccc12)NC[C@@H](c1ccccc1Cl)c1c[nH]c2ccccc12. The number of halogens is 1. The number of carbonyl (C=O) groups is 1. The van der Waals surface area contributed by atoms with Crippen molar-refractivity contribution in [2.45, 2.75) is 12.3 Å². The zero-order chi connectivity index (χ0) is 21.2. The molecule has 154 valence electrons. The first-order valence-electron chi connectivity index (χ1n) is 10.3. The van der Waals surface area contributed by atoms with Gasteiger partial charge in [-0.25, -0.2) is 0 Å². The highest BCUT2D eigenvalue weighted by atomic mass is 35.5. The number of nitrogens with one attached hydrogen (secondary N) is 3. The molecule has 0 bridgehead atoms. The molecule has 1 atom stereocenters. The van der Waals surface area contributed by atoms with E-state index in [4.69, 9.17) is 11.6 Å². The Morgan fingerprint density at radius 3 is 2.26 bits per heavy atom. The number of rotatable bonds is 6. The molecule has 3 N–H and O–H groups in total. The third kappa shape index (κ3) is 3.82. The van der Waals surface area contributed by atoms with E-state index in [-0.39, 0.29) is 11.8 Å². The minimum absolute atomic E-state index is 0.0124. The molecule has 5 heteroatoms. The van der Waals surface area contributed by atoms with Gasteiger partial charge in [0.2, 0.25) is 5.91 Å². The van der Waals surface area contributed by atoms with Gasteiger partial charge in [0.25, 0.3) is 0 Å². The average molecular weight is 428 g/mol. The van der Waals surface area contributed by atoms with Gasteiger partial charge in [0.05, 0.1) is 6.42 Å². The standard InChI is InChI=1S/C26H22ClN3O/c27-23-10-4-1-8-19(23)21(22-15-29-25-12-6-3-9-20(22)25)16-30-26(31)13-17-14-28-24-11-5-2-7-18(17)24/h1-12,14-15,21,28-29H,13,16H2,(H,30,31)/t21-/m0/s1. The first kappa shape index (κ1) is 19.5. The van der Waals surface area contributed by atoms with E-state index in [9.17, 15) is 4.79 Å². The van der Waals surface area contributed by atoms with Crippen LogP contribution in [-0.4, -0.2) is 22.4 Å². The van der Waals surface area contributed by atoms with E-state index in [1.165, 1.54) is 0 Å². The molecule has 0 unspecified atom stereocenters. The summed E-state index contributed by atoms with van der Waals surface area (Å²) >= 11 is 6.56. The maximum absolute atomic E-state index is 12.8. The van der Waals surface area contributed by atoms with E-state index in [1.807, 2.05) is 73.1 Å². The van der Waals surface area contributed by atoms with Crippen LogP contribution in [-0.2, 0) is 11.2 Å². The van der Waals surface area contributed by atoms with Crippen molar-refractivity contribution in [3.63, 3.8) is 0 Å². The van der Waals surface area contributed by atoms with Crippen LogP contribution in [0.1, 0.15) is 22.6 Å². The van der Waals surface area contributed by atoms with Crippen LogP contribution in [0.15, 0.2) is 85.2 Å². The number of para-hydroxylation sites is 2. The van der Waals surface area contributed by atoms with Crippen LogP contribution in [0.2, 0.25) is 5.02 Å². The molecule has 0 aliphatic rings. The molecule has 0 aliphatic heterocycles. The van der Waals surface area contributed by atoms with Crippen molar-refractivity contribution in [2.75, 3.05) is 6.54 Å². The van der Waals surface area contributed by atoms with Crippen molar-refractivity contribution in [3.8, 4) is 0 Å². The summed E-state index contributed by atoms with van der Waals surface area (Å²) in [6.07, 6.45) is 4.26. The molecule has 0 spiro atoms. The smallest absolute Gasteiger partial charge is 0.224 e. The Morgan fingerprint density at radius 2 is 1.45 bits per heavy atom. The van der Waals surface area contributed by atoms with Crippen molar-refractivity contribution in [3.05, 3.63) is 107 Å². The monoisotopic (exact) mass is 427 g/mol. The Kier molecular flexibility index (Phi) is 5.23. The van der Waals surface area contributed by atoms with E-state index in [1.54, 1.807) is 0 Å². The van der Waals surface area contributed by atoms with Crippen molar-refractivity contribution < 1.29 is 4.79 Å². The van der Waals surface area contributed by atoms with E-state index < -0.39 is 0 Å². The number of hydrogen-bond acceptors (Lipinski definition) is 1. The summed E-state index contributed by atoms with van der Waals surface area (Å²) in [7, 11) is 0. The summed E-state index contributed by atoms with van der Waals surface area (Å²) in [6.45, 7) is 0.465. The minimum Gasteiger partial charge on any atom is -0.361 e. The first-order valence-corrected chi connectivity index (χ1v) is 10.7. The molecule has 4 nitrogen and oxygen atoms in total. The molecule has 0 aliphatic carbocycles. The minimum atomic E-state index is -0.0585. The largest absolute Gasteiger partial charge is 0.361 e. The summed E-state index contributed by atoms with van der Waals surface area (Å²) in [6, 6.07) is 24.0. The van der Waals surface area contributed by atoms with E-state index in [0.29, 0.717) is 18.0 Å². The van der Waals surface area contributed by atoms with Gasteiger partial charge >= 0.3 is 0 Å². The van der Waals surface area contributed by atoms with Crippen molar-refractivity contribution in [1.29, 1.82) is 0 Å². The average Bonchev–Trinajstić information content (AvgIpc) is 3.40. The number of hydrogen-bond donors (Lipinski definition) is 3.